The molecule has 5 nitrogen and oxygen atoms in total. The van der Waals surface area contributed by atoms with E-state index in [4.69, 9.17) is 9.47 Å². The van der Waals surface area contributed by atoms with Crippen LogP contribution >= 0.6 is 0 Å². The van der Waals surface area contributed by atoms with Crippen molar-refractivity contribution in [2.45, 2.75) is 65.2 Å². The third-order valence-corrected chi connectivity index (χ3v) is 3.87. The van der Waals surface area contributed by atoms with Crippen molar-refractivity contribution in [3.05, 3.63) is 40.1 Å². The fourth-order valence-electron chi connectivity index (χ4n) is 2.43. The molecule has 0 radical (unpaired) electrons. The molecule has 25 heavy (non-hydrogen) atoms. The Labute approximate surface area is 151 Å². The Kier molecular flexibility index (Phi) is 11.2. The van der Waals surface area contributed by atoms with Crippen LogP contribution < -0.4 is 9.47 Å². The van der Waals surface area contributed by atoms with Crippen LogP contribution in [-0.2, 0) is 0 Å². The van der Waals surface area contributed by atoms with Gasteiger partial charge in [0.15, 0.2) is 11.5 Å². The number of ether oxygens (including phenoxy) is 2. The van der Waals surface area contributed by atoms with E-state index in [9.17, 15) is 10.1 Å². The van der Waals surface area contributed by atoms with Crippen molar-refractivity contribution in [1.82, 2.24) is 0 Å². The highest BCUT2D eigenvalue weighted by Gasteiger charge is 2.07. The molecule has 0 bridgehead atoms. The predicted molar refractivity (Wildman–Crippen MR) is 102 cm³/mol. The highest BCUT2D eigenvalue weighted by molar-refractivity contribution is 5.55. The van der Waals surface area contributed by atoms with Gasteiger partial charge in [-0.15, -0.1) is 0 Å². The molecular formula is C20H31NO4. The van der Waals surface area contributed by atoms with Crippen molar-refractivity contribution in [2.75, 3.05) is 13.2 Å². The average molecular weight is 349 g/mol. The van der Waals surface area contributed by atoms with Gasteiger partial charge in [-0.05, 0) is 30.5 Å². The second-order valence-corrected chi connectivity index (χ2v) is 6.13. The summed E-state index contributed by atoms with van der Waals surface area (Å²) in [5, 5.41) is 10.5. The highest BCUT2D eigenvalue weighted by atomic mass is 16.6. The summed E-state index contributed by atoms with van der Waals surface area (Å²) in [5.41, 5.74) is 0.735. The lowest BCUT2D eigenvalue weighted by molar-refractivity contribution is -0.400. The smallest absolute Gasteiger partial charge is 0.235 e. The monoisotopic (exact) mass is 349 g/mol. The minimum Gasteiger partial charge on any atom is -0.490 e. The van der Waals surface area contributed by atoms with Crippen LogP contribution in [0.15, 0.2) is 24.4 Å². The van der Waals surface area contributed by atoms with E-state index in [1.165, 1.54) is 31.8 Å². The summed E-state index contributed by atoms with van der Waals surface area (Å²) in [4.78, 5) is 10.0. The molecule has 0 atom stereocenters. The predicted octanol–water partition coefficient (Wildman–Crippen LogP) is 5.85. The van der Waals surface area contributed by atoms with E-state index < -0.39 is 4.92 Å². The average Bonchev–Trinajstić information content (AvgIpc) is 2.60. The number of unbranched alkanes of at least 4 members (excludes halogenated alkanes) is 6. The molecule has 0 unspecified atom stereocenters. The number of hydrogen-bond acceptors (Lipinski definition) is 4. The molecule has 140 valence electrons. The van der Waals surface area contributed by atoms with E-state index in [0.29, 0.717) is 24.7 Å². The van der Waals surface area contributed by atoms with E-state index in [-0.39, 0.29) is 0 Å². The van der Waals surface area contributed by atoms with Gasteiger partial charge in [0.05, 0.1) is 18.1 Å². The molecule has 0 N–H and O–H groups in total. The molecule has 0 saturated heterocycles. The maximum Gasteiger partial charge on any atom is 0.235 e. The Morgan fingerprint density at radius 1 is 0.920 bits per heavy atom. The van der Waals surface area contributed by atoms with E-state index >= 15 is 0 Å². The number of rotatable bonds is 14. The Morgan fingerprint density at radius 3 is 2.08 bits per heavy atom. The standard InChI is InChI=1S/C20H31NO4/c1-3-5-7-9-15-24-19-12-11-18(13-14-21(22)23)17-20(19)25-16-10-8-6-4-2/h11-14,17H,3-10,15-16H2,1-2H3. The van der Waals surface area contributed by atoms with Gasteiger partial charge in [-0.1, -0.05) is 58.4 Å². The molecule has 0 amide bonds. The molecule has 1 aromatic rings. The fourth-order valence-corrected chi connectivity index (χ4v) is 2.43. The van der Waals surface area contributed by atoms with Crippen molar-refractivity contribution < 1.29 is 14.4 Å². The topological polar surface area (TPSA) is 61.6 Å². The lowest BCUT2D eigenvalue weighted by Gasteiger charge is -2.13. The van der Waals surface area contributed by atoms with Crippen molar-refractivity contribution in [3.8, 4) is 11.5 Å². The van der Waals surface area contributed by atoms with Crippen molar-refractivity contribution in [3.63, 3.8) is 0 Å². The van der Waals surface area contributed by atoms with E-state index in [1.807, 2.05) is 12.1 Å². The summed E-state index contributed by atoms with van der Waals surface area (Å²) in [6.45, 7) is 5.66. The fraction of sp³-hybridized carbons (Fsp3) is 0.600. The number of hydrogen-bond donors (Lipinski definition) is 0. The number of benzene rings is 1. The van der Waals surface area contributed by atoms with Crippen LogP contribution in [0.3, 0.4) is 0 Å². The molecule has 0 aliphatic heterocycles. The molecule has 1 rings (SSSR count). The molecule has 0 saturated carbocycles. The van der Waals surface area contributed by atoms with Crippen LogP contribution in [0, 0.1) is 10.1 Å². The van der Waals surface area contributed by atoms with Crippen LogP contribution in [0.1, 0.15) is 70.8 Å². The van der Waals surface area contributed by atoms with Crippen molar-refractivity contribution >= 4 is 6.08 Å². The SMILES string of the molecule is CCCCCCOc1ccc(C=C[N+](=O)[O-])cc1OCCCCCC. The van der Waals surface area contributed by atoms with Gasteiger partial charge < -0.3 is 9.47 Å². The second kappa shape index (κ2) is 13.3. The third-order valence-electron chi connectivity index (χ3n) is 3.87. The maximum atomic E-state index is 10.5. The Balaban J connectivity index is 2.66. The zero-order valence-corrected chi connectivity index (χ0v) is 15.5. The maximum absolute atomic E-state index is 10.5. The summed E-state index contributed by atoms with van der Waals surface area (Å²) in [6, 6.07) is 5.45. The normalized spacial score (nSPS) is 11.0. The lowest BCUT2D eigenvalue weighted by atomic mass is 10.2. The first-order valence-corrected chi connectivity index (χ1v) is 9.38. The molecule has 5 heteroatoms. The van der Waals surface area contributed by atoms with Crippen LogP contribution in [0.2, 0.25) is 0 Å². The van der Waals surface area contributed by atoms with Crippen LogP contribution in [-0.4, -0.2) is 18.1 Å². The minimum atomic E-state index is -0.469. The largest absolute Gasteiger partial charge is 0.490 e. The Hall–Kier alpha value is -2.04. The number of nitrogens with zero attached hydrogens (tertiary/aromatic N) is 1. The summed E-state index contributed by atoms with van der Waals surface area (Å²) < 4.78 is 11.7. The van der Waals surface area contributed by atoms with Crippen LogP contribution in [0.5, 0.6) is 11.5 Å². The van der Waals surface area contributed by atoms with Gasteiger partial charge >= 0.3 is 0 Å². The van der Waals surface area contributed by atoms with Gasteiger partial charge in [-0.2, -0.15) is 0 Å². The molecule has 0 aromatic heterocycles. The van der Waals surface area contributed by atoms with Gasteiger partial charge in [-0.25, -0.2) is 0 Å². The Bertz CT molecular complexity index is 528. The van der Waals surface area contributed by atoms with Gasteiger partial charge in [-0.3, -0.25) is 10.1 Å². The molecule has 1 aromatic carbocycles. The number of nitro groups is 1. The van der Waals surface area contributed by atoms with Gasteiger partial charge in [0.1, 0.15) is 0 Å². The summed E-state index contributed by atoms with van der Waals surface area (Å²) in [5.74, 6) is 1.38. The van der Waals surface area contributed by atoms with Gasteiger partial charge in [0, 0.05) is 6.08 Å². The zero-order chi connectivity index (χ0) is 18.3. The molecule has 0 spiro atoms. The summed E-state index contributed by atoms with van der Waals surface area (Å²) in [7, 11) is 0. The third kappa shape index (κ3) is 9.75. The lowest BCUT2D eigenvalue weighted by Crippen LogP contribution is -2.03. The van der Waals surface area contributed by atoms with Gasteiger partial charge in [0.2, 0.25) is 6.20 Å². The van der Waals surface area contributed by atoms with E-state index in [0.717, 1.165) is 37.4 Å². The van der Waals surface area contributed by atoms with Crippen LogP contribution in [0.25, 0.3) is 6.08 Å². The summed E-state index contributed by atoms with van der Waals surface area (Å²) >= 11 is 0. The van der Waals surface area contributed by atoms with Crippen molar-refractivity contribution in [2.24, 2.45) is 0 Å². The Morgan fingerprint density at radius 2 is 1.52 bits per heavy atom. The molecule has 0 aliphatic carbocycles. The zero-order valence-electron chi connectivity index (χ0n) is 15.5. The van der Waals surface area contributed by atoms with Crippen molar-refractivity contribution in [1.29, 1.82) is 0 Å². The molecule has 0 fully saturated rings. The molecule has 0 heterocycles. The second-order valence-electron chi connectivity index (χ2n) is 6.13. The molecule has 0 aliphatic rings. The summed E-state index contributed by atoms with van der Waals surface area (Å²) in [6.07, 6.45) is 11.5. The first-order chi connectivity index (χ1) is 12.2. The first kappa shape index (κ1) is 21.0. The quantitative estimate of drug-likeness (QED) is 0.240. The molecular weight excluding hydrogens is 318 g/mol. The van der Waals surface area contributed by atoms with Crippen LogP contribution in [0.4, 0.5) is 0 Å². The van der Waals surface area contributed by atoms with E-state index in [1.54, 1.807) is 6.07 Å². The highest BCUT2D eigenvalue weighted by Crippen LogP contribution is 2.29. The minimum absolute atomic E-state index is 0.469. The van der Waals surface area contributed by atoms with Gasteiger partial charge in [0.25, 0.3) is 0 Å². The van der Waals surface area contributed by atoms with E-state index in [2.05, 4.69) is 13.8 Å². The first-order valence-electron chi connectivity index (χ1n) is 9.38.